The zero-order valence-corrected chi connectivity index (χ0v) is 13.4. The molecule has 1 saturated heterocycles. The summed E-state index contributed by atoms with van der Waals surface area (Å²) in [4.78, 5) is 0.267. The second kappa shape index (κ2) is 7.24. The molecule has 0 saturated carbocycles. The molecule has 2 rings (SSSR count). The summed E-state index contributed by atoms with van der Waals surface area (Å²) < 4.78 is 32.2. The lowest BCUT2D eigenvalue weighted by molar-refractivity contribution is 0.283. The normalized spacial score (nSPS) is 19.1. The Morgan fingerprint density at radius 3 is 2.62 bits per heavy atom. The lowest BCUT2D eigenvalue weighted by atomic mass is 10.1. The van der Waals surface area contributed by atoms with E-state index in [0.29, 0.717) is 18.3 Å². The predicted octanol–water partition coefficient (Wildman–Crippen LogP) is 1.75. The van der Waals surface area contributed by atoms with Gasteiger partial charge in [-0.2, -0.15) is 0 Å². The van der Waals surface area contributed by atoms with E-state index in [-0.39, 0.29) is 10.9 Å². The molecule has 1 atom stereocenters. The summed E-state index contributed by atoms with van der Waals surface area (Å²) >= 11 is 0. The van der Waals surface area contributed by atoms with Gasteiger partial charge < -0.3 is 10.1 Å². The van der Waals surface area contributed by atoms with Gasteiger partial charge in [-0.15, -0.1) is 0 Å². The highest BCUT2D eigenvalue weighted by Gasteiger charge is 2.16. The van der Waals surface area contributed by atoms with Gasteiger partial charge in [-0.25, -0.2) is 13.1 Å². The first-order valence-electron chi connectivity index (χ1n) is 7.43. The Morgan fingerprint density at radius 2 is 2.05 bits per heavy atom. The molecule has 0 aromatic heterocycles. The second-order valence-corrected chi connectivity index (χ2v) is 7.46. The van der Waals surface area contributed by atoms with Gasteiger partial charge >= 0.3 is 0 Å². The smallest absolute Gasteiger partial charge is 0.240 e. The van der Waals surface area contributed by atoms with Gasteiger partial charge in [0.2, 0.25) is 10.0 Å². The first kappa shape index (κ1) is 16.3. The van der Waals surface area contributed by atoms with Crippen LogP contribution in [0.3, 0.4) is 0 Å². The zero-order valence-electron chi connectivity index (χ0n) is 12.6. The average molecular weight is 312 g/mol. The van der Waals surface area contributed by atoms with Gasteiger partial charge in [0.15, 0.2) is 0 Å². The lowest BCUT2D eigenvalue weighted by Crippen LogP contribution is -2.30. The Bertz CT molecular complexity index is 535. The standard InChI is InChI=1S/C15H24N2O3S/c1-12(2)17-21(18,19)15-5-3-14(4-6-15)20-10-8-13-7-9-16-11-13/h3-6,12-13,16-17H,7-11H2,1-2H3. The summed E-state index contributed by atoms with van der Waals surface area (Å²) in [5.74, 6) is 1.41. The minimum Gasteiger partial charge on any atom is -0.494 e. The Labute approximate surface area is 127 Å². The Morgan fingerprint density at radius 1 is 1.33 bits per heavy atom. The average Bonchev–Trinajstić information content (AvgIpc) is 2.91. The van der Waals surface area contributed by atoms with E-state index in [2.05, 4.69) is 10.0 Å². The molecule has 1 aromatic carbocycles. The van der Waals surface area contributed by atoms with Crippen LogP contribution in [-0.2, 0) is 10.0 Å². The number of nitrogens with one attached hydrogen (secondary N) is 2. The molecule has 0 aliphatic carbocycles. The molecule has 21 heavy (non-hydrogen) atoms. The van der Waals surface area contributed by atoms with Crippen LogP contribution in [0, 0.1) is 5.92 Å². The van der Waals surface area contributed by atoms with E-state index in [9.17, 15) is 8.42 Å². The van der Waals surface area contributed by atoms with Crippen LogP contribution < -0.4 is 14.8 Å². The molecule has 118 valence electrons. The molecule has 0 radical (unpaired) electrons. The van der Waals surface area contributed by atoms with Crippen molar-refractivity contribution in [3.8, 4) is 5.75 Å². The van der Waals surface area contributed by atoms with Crippen molar-refractivity contribution in [1.82, 2.24) is 10.0 Å². The van der Waals surface area contributed by atoms with E-state index in [1.54, 1.807) is 38.1 Å². The van der Waals surface area contributed by atoms with E-state index in [1.807, 2.05) is 0 Å². The maximum absolute atomic E-state index is 12.0. The van der Waals surface area contributed by atoms with E-state index >= 15 is 0 Å². The van der Waals surface area contributed by atoms with Crippen LogP contribution in [-0.4, -0.2) is 34.2 Å². The van der Waals surface area contributed by atoms with Crippen molar-refractivity contribution in [3.63, 3.8) is 0 Å². The number of hydrogen-bond acceptors (Lipinski definition) is 4. The van der Waals surface area contributed by atoms with Crippen LogP contribution >= 0.6 is 0 Å². The van der Waals surface area contributed by atoms with Gasteiger partial charge in [0.05, 0.1) is 11.5 Å². The number of benzene rings is 1. The number of rotatable bonds is 7. The summed E-state index contributed by atoms with van der Waals surface area (Å²) in [6.45, 7) is 6.43. The van der Waals surface area contributed by atoms with E-state index in [1.165, 1.54) is 6.42 Å². The zero-order chi connectivity index (χ0) is 15.3. The third-order valence-electron chi connectivity index (χ3n) is 3.48. The first-order chi connectivity index (χ1) is 9.97. The molecule has 5 nitrogen and oxygen atoms in total. The van der Waals surface area contributed by atoms with Crippen molar-refractivity contribution in [2.24, 2.45) is 5.92 Å². The molecule has 0 amide bonds. The molecule has 1 aliphatic rings. The van der Waals surface area contributed by atoms with Crippen LogP contribution in [0.5, 0.6) is 5.75 Å². The summed E-state index contributed by atoms with van der Waals surface area (Å²) in [7, 11) is -3.42. The maximum Gasteiger partial charge on any atom is 0.240 e. The van der Waals surface area contributed by atoms with Gasteiger partial charge in [0, 0.05) is 6.04 Å². The fourth-order valence-electron chi connectivity index (χ4n) is 2.40. The quantitative estimate of drug-likeness (QED) is 0.805. The van der Waals surface area contributed by atoms with E-state index in [4.69, 9.17) is 4.74 Å². The summed E-state index contributed by atoms with van der Waals surface area (Å²) in [5.41, 5.74) is 0. The highest BCUT2D eigenvalue weighted by molar-refractivity contribution is 7.89. The summed E-state index contributed by atoms with van der Waals surface area (Å²) in [6, 6.07) is 6.46. The molecule has 1 aliphatic heterocycles. The highest BCUT2D eigenvalue weighted by atomic mass is 32.2. The van der Waals surface area contributed by atoms with Crippen LogP contribution in [0.4, 0.5) is 0 Å². The van der Waals surface area contributed by atoms with Crippen molar-refractivity contribution >= 4 is 10.0 Å². The third kappa shape index (κ3) is 4.98. The Balaban J connectivity index is 1.86. The molecule has 2 N–H and O–H groups in total. The molecule has 1 fully saturated rings. The van der Waals surface area contributed by atoms with E-state index in [0.717, 1.165) is 19.5 Å². The van der Waals surface area contributed by atoms with Gasteiger partial charge in [-0.3, -0.25) is 0 Å². The molecule has 1 aromatic rings. The Hall–Kier alpha value is -1.11. The van der Waals surface area contributed by atoms with Crippen LogP contribution in [0.1, 0.15) is 26.7 Å². The fraction of sp³-hybridized carbons (Fsp3) is 0.600. The number of sulfonamides is 1. The van der Waals surface area contributed by atoms with Crippen molar-refractivity contribution in [3.05, 3.63) is 24.3 Å². The first-order valence-corrected chi connectivity index (χ1v) is 8.91. The minimum absolute atomic E-state index is 0.119. The molecule has 1 heterocycles. The summed E-state index contributed by atoms with van der Waals surface area (Å²) in [6.07, 6.45) is 2.24. The van der Waals surface area contributed by atoms with Gasteiger partial charge in [0.1, 0.15) is 5.75 Å². The van der Waals surface area contributed by atoms with Crippen molar-refractivity contribution in [1.29, 1.82) is 0 Å². The van der Waals surface area contributed by atoms with Crippen molar-refractivity contribution in [2.75, 3.05) is 19.7 Å². The predicted molar refractivity (Wildman–Crippen MR) is 83.0 cm³/mol. The highest BCUT2D eigenvalue weighted by Crippen LogP contribution is 2.18. The lowest BCUT2D eigenvalue weighted by Gasteiger charge is -2.12. The van der Waals surface area contributed by atoms with Crippen LogP contribution in [0.15, 0.2) is 29.2 Å². The largest absolute Gasteiger partial charge is 0.494 e. The van der Waals surface area contributed by atoms with Crippen molar-refractivity contribution < 1.29 is 13.2 Å². The molecule has 6 heteroatoms. The van der Waals surface area contributed by atoms with E-state index < -0.39 is 10.0 Å². The Kier molecular flexibility index (Phi) is 5.61. The topological polar surface area (TPSA) is 67.4 Å². The van der Waals surface area contributed by atoms with Gasteiger partial charge in [0.25, 0.3) is 0 Å². The molecular weight excluding hydrogens is 288 g/mol. The van der Waals surface area contributed by atoms with Gasteiger partial charge in [-0.05, 0) is 70.0 Å². The molecule has 1 unspecified atom stereocenters. The fourth-order valence-corrected chi connectivity index (χ4v) is 3.65. The second-order valence-electron chi connectivity index (χ2n) is 5.74. The van der Waals surface area contributed by atoms with Gasteiger partial charge in [-0.1, -0.05) is 0 Å². The summed E-state index contributed by atoms with van der Waals surface area (Å²) in [5, 5.41) is 3.33. The maximum atomic E-state index is 12.0. The third-order valence-corrected chi connectivity index (χ3v) is 5.16. The number of ether oxygens (including phenoxy) is 1. The minimum atomic E-state index is -3.42. The SMILES string of the molecule is CC(C)NS(=O)(=O)c1ccc(OCCC2CCNC2)cc1. The van der Waals surface area contributed by atoms with Crippen LogP contribution in [0.2, 0.25) is 0 Å². The van der Waals surface area contributed by atoms with Crippen molar-refractivity contribution in [2.45, 2.75) is 37.6 Å². The monoisotopic (exact) mass is 312 g/mol. The number of hydrogen-bond donors (Lipinski definition) is 2. The van der Waals surface area contributed by atoms with Crippen LogP contribution in [0.25, 0.3) is 0 Å². The molecule has 0 spiro atoms. The molecular formula is C15H24N2O3S. The molecule has 0 bridgehead atoms.